The molecule has 5 rings (SSSR count). The summed E-state index contributed by atoms with van der Waals surface area (Å²) in [5, 5.41) is 90.8. The molecule has 1 aromatic heterocycles. The number of hydrogen-bond donors (Lipinski definition) is 9. The third-order valence-electron chi connectivity index (χ3n) is 7.35. The van der Waals surface area contributed by atoms with Gasteiger partial charge in [0.25, 0.3) is 0 Å². The van der Waals surface area contributed by atoms with Crippen molar-refractivity contribution in [2.24, 2.45) is 0 Å². The molecule has 2 aliphatic heterocycles. The SMILES string of the molecule is COc1ccc(-c2cc(=O)c3c(O)cc(O[C@@H]4O[C@H](C(=O)O[C@@H]5O[C@H](C(=O)O)[C@@H](O)[C@H](O)[C@H]5O)[C@@H](O)[C@H](O)[C@H]4O)cc3o2)cc1O. The Kier molecular flexibility index (Phi) is 9.07. The van der Waals surface area contributed by atoms with E-state index in [1.54, 1.807) is 0 Å². The van der Waals surface area contributed by atoms with Crippen molar-refractivity contribution in [3.05, 3.63) is 46.6 Å². The molecule has 10 atom stereocenters. The van der Waals surface area contributed by atoms with Crippen molar-refractivity contribution in [3.63, 3.8) is 0 Å². The number of fused-ring (bicyclic) bond motifs is 1. The zero-order valence-corrected chi connectivity index (χ0v) is 23.4. The molecule has 46 heavy (non-hydrogen) atoms. The van der Waals surface area contributed by atoms with E-state index < -0.39 is 84.5 Å². The van der Waals surface area contributed by atoms with Gasteiger partial charge in [-0.25, -0.2) is 9.59 Å². The molecule has 0 unspecified atom stereocenters. The van der Waals surface area contributed by atoms with Crippen LogP contribution >= 0.6 is 0 Å². The maximum absolute atomic E-state index is 12.9. The minimum atomic E-state index is -2.17. The van der Waals surface area contributed by atoms with E-state index in [4.69, 9.17) is 28.1 Å². The maximum Gasteiger partial charge on any atom is 0.340 e. The molecule has 0 bridgehead atoms. The lowest BCUT2D eigenvalue weighted by Crippen LogP contribution is -2.63. The van der Waals surface area contributed by atoms with Gasteiger partial charge in [0.15, 0.2) is 29.1 Å². The second-order valence-electron chi connectivity index (χ2n) is 10.4. The number of hydrogen-bond acceptors (Lipinski definition) is 17. The molecule has 9 N–H and O–H groups in total. The minimum absolute atomic E-state index is 0.0304. The number of esters is 1. The van der Waals surface area contributed by atoms with Crippen LogP contribution in [-0.4, -0.2) is 126 Å². The van der Waals surface area contributed by atoms with Crippen molar-refractivity contribution in [2.75, 3.05) is 7.11 Å². The van der Waals surface area contributed by atoms with Crippen LogP contribution in [0.5, 0.6) is 23.0 Å². The van der Waals surface area contributed by atoms with Gasteiger partial charge in [-0.3, -0.25) is 4.79 Å². The third kappa shape index (κ3) is 6.02. The monoisotopic (exact) mass is 652 g/mol. The Morgan fingerprint density at radius 1 is 0.761 bits per heavy atom. The Morgan fingerprint density at radius 2 is 1.39 bits per heavy atom. The van der Waals surface area contributed by atoms with Crippen LogP contribution in [0.25, 0.3) is 22.3 Å². The Morgan fingerprint density at radius 3 is 2.02 bits per heavy atom. The first-order chi connectivity index (χ1) is 21.7. The van der Waals surface area contributed by atoms with E-state index in [2.05, 4.69) is 0 Å². The number of carboxylic acid groups (broad SMARTS) is 1. The van der Waals surface area contributed by atoms with Crippen LogP contribution in [-0.2, 0) is 23.8 Å². The number of phenols is 2. The van der Waals surface area contributed by atoms with Gasteiger partial charge in [-0.2, -0.15) is 0 Å². The first kappa shape index (κ1) is 32.9. The molecule has 18 heteroatoms. The second kappa shape index (κ2) is 12.7. The van der Waals surface area contributed by atoms with Crippen molar-refractivity contribution >= 4 is 22.9 Å². The van der Waals surface area contributed by atoms with Gasteiger partial charge in [-0.15, -0.1) is 0 Å². The van der Waals surface area contributed by atoms with Crippen LogP contribution in [0.1, 0.15) is 0 Å². The van der Waals surface area contributed by atoms with Crippen molar-refractivity contribution in [1.29, 1.82) is 0 Å². The van der Waals surface area contributed by atoms with Gasteiger partial charge in [-0.1, -0.05) is 0 Å². The standard InChI is InChI=1S/C28H28O18/c1-41-13-3-2-8(4-10(13)29)14-7-12(31)16-11(30)5-9(6-15(16)43-14)42-27-21(36)18(33)20(35)24(45-27)26(40)46-28-22(37)17(32)19(34)23(44-28)25(38)39/h2-7,17-24,27-30,32-37H,1H3,(H,38,39)/t17-,18-,19-,20-,21+,22+,23-,24-,27+,28-/m0/s1. The predicted octanol–water partition coefficient (Wildman–Crippen LogP) is -2.50. The molecule has 2 aromatic carbocycles. The molecule has 0 spiro atoms. The Bertz CT molecular complexity index is 1690. The van der Waals surface area contributed by atoms with E-state index in [9.17, 15) is 60.3 Å². The van der Waals surface area contributed by atoms with E-state index in [0.717, 1.165) is 18.2 Å². The van der Waals surface area contributed by atoms with Crippen LogP contribution in [0.4, 0.5) is 0 Å². The number of benzene rings is 2. The number of carboxylic acids is 1. The molecule has 0 aliphatic carbocycles. The molecule has 0 saturated carbocycles. The van der Waals surface area contributed by atoms with E-state index in [1.165, 1.54) is 25.3 Å². The summed E-state index contributed by atoms with van der Waals surface area (Å²) in [6, 6.07) is 7.29. The maximum atomic E-state index is 12.9. The highest BCUT2D eigenvalue weighted by Gasteiger charge is 2.52. The van der Waals surface area contributed by atoms with E-state index in [-0.39, 0.29) is 39.5 Å². The van der Waals surface area contributed by atoms with Crippen molar-refractivity contribution in [2.45, 2.75) is 61.4 Å². The highest BCUT2D eigenvalue weighted by molar-refractivity contribution is 5.86. The summed E-state index contributed by atoms with van der Waals surface area (Å²) in [4.78, 5) is 37.0. The van der Waals surface area contributed by atoms with E-state index in [1.807, 2.05) is 0 Å². The molecule has 2 fully saturated rings. The Hall–Kier alpha value is -4.53. The number of ether oxygens (including phenoxy) is 5. The lowest BCUT2D eigenvalue weighted by atomic mass is 9.98. The summed E-state index contributed by atoms with van der Waals surface area (Å²) >= 11 is 0. The average Bonchev–Trinajstić information content (AvgIpc) is 3.00. The van der Waals surface area contributed by atoms with Gasteiger partial charge in [0.05, 0.1) is 7.11 Å². The number of aliphatic hydroxyl groups is 6. The predicted molar refractivity (Wildman–Crippen MR) is 146 cm³/mol. The summed E-state index contributed by atoms with van der Waals surface area (Å²) < 4.78 is 31.3. The van der Waals surface area contributed by atoms with Gasteiger partial charge in [0, 0.05) is 23.8 Å². The van der Waals surface area contributed by atoms with Crippen molar-refractivity contribution in [3.8, 4) is 34.3 Å². The number of carbonyl (C=O) groups excluding carboxylic acids is 1. The fourth-order valence-electron chi connectivity index (χ4n) is 4.90. The molecule has 2 aliphatic rings. The molecular weight excluding hydrogens is 624 g/mol. The van der Waals surface area contributed by atoms with Crippen LogP contribution in [0.3, 0.4) is 0 Å². The fraction of sp³-hybridized carbons (Fsp3) is 0.393. The Balaban J connectivity index is 1.39. The third-order valence-corrected chi connectivity index (χ3v) is 7.35. The first-order valence-electron chi connectivity index (χ1n) is 13.4. The molecule has 18 nitrogen and oxygen atoms in total. The smallest absolute Gasteiger partial charge is 0.340 e. The normalized spacial score (nSPS) is 31.3. The summed E-state index contributed by atoms with van der Waals surface area (Å²) in [6.07, 6.45) is -21.1. The quantitative estimate of drug-likeness (QED) is 0.119. The zero-order chi connectivity index (χ0) is 33.6. The molecule has 3 heterocycles. The summed E-state index contributed by atoms with van der Waals surface area (Å²) in [5.41, 5.74) is -0.649. The topological polar surface area (TPSA) is 293 Å². The summed E-state index contributed by atoms with van der Waals surface area (Å²) in [5.74, 6) is -4.41. The number of carbonyl (C=O) groups is 2. The van der Waals surface area contributed by atoms with Gasteiger partial charge in [-0.05, 0) is 18.2 Å². The largest absolute Gasteiger partial charge is 0.507 e. The molecule has 3 aromatic rings. The second-order valence-corrected chi connectivity index (χ2v) is 10.4. The van der Waals surface area contributed by atoms with E-state index in [0.29, 0.717) is 0 Å². The molecular formula is C28H28O18. The van der Waals surface area contributed by atoms with Gasteiger partial charge in [0.2, 0.25) is 12.6 Å². The number of phenolic OH excluding ortho intramolecular Hbond substituents is 2. The van der Waals surface area contributed by atoms with Gasteiger partial charge >= 0.3 is 11.9 Å². The zero-order valence-electron chi connectivity index (χ0n) is 23.4. The lowest BCUT2D eigenvalue weighted by molar-refractivity contribution is -0.302. The fourth-order valence-corrected chi connectivity index (χ4v) is 4.90. The van der Waals surface area contributed by atoms with Crippen LogP contribution in [0.2, 0.25) is 0 Å². The van der Waals surface area contributed by atoms with Crippen LogP contribution < -0.4 is 14.9 Å². The highest BCUT2D eigenvalue weighted by Crippen LogP contribution is 2.36. The van der Waals surface area contributed by atoms with Gasteiger partial charge < -0.3 is 74.1 Å². The van der Waals surface area contributed by atoms with Crippen molar-refractivity contribution < 1.29 is 83.6 Å². The average molecular weight is 653 g/mol. The van der Waals surface area contributed by atoms with Gasteiger partial charge in [0.1, 0.15) is 64.9 Å². The molecule has 0 radical (unpaired) electrons. The first-order valence-corrected chi connectivity index (χ1v) is 13.4. The lowest BCUT2D eigenvalue weighted by Gasteiger charge is -2.41. The number of methoxy groups -OCH3 is 1. The molecule has 0 amide bonds. The van der Waals surface area contributed by atoms with Crippen LogP contribution in [0.15, 0.2) is 45.6 Å². The summed E-state index contributed by atoms with van der Waals surface area (Å²) in [6.45, 7) is 0. The summed E-state index contributed by atoms with van der Waals surface area (Å²) in [7, 11) is 1.34. The number of aliphatic carboxylic acids is 1. The van der Waals surface area contributed by atoms with Crippen molar-refractivity contribution in [1.82, 2.24) is 0 Å². The Labute approximate surface area is 256 Å². The number of rotatable bonds is 7. The van der Waals surface area contributed by atoms with Crippen LogP contribution in [0, 0.1) is 0 Å². The highest BCUT2D eigenvalue weighted by atomic mass is 16.7. The minimum Gasteiger partial charge on any atom is -0.507 e. The molecule has 2 saturated heterocycles. The number of aromatic hydroxyl groups is 2. The van der Waals surface area contributed by atoms with E-state index >= 15 is 0 Å². The molecule has 248 valence electrons. The number of aliphatic hydroxyl groups excluding tert-OH is 6.